The Bertz CT molecular complexity index is 39.9. The molecule has 0 saturated carbocycles. The molecule has 0 aliphatic heterocycles. The van der Waals surface area contributed by atoms with Crippen LogP contribution in [-0.2, 0) is 0 Å². The van der Waals surface area contributed by atoms with Gasteiger partial charge in [-0.1, -0.05) is 74.7 Å². The van der Waals surface area contributed by atoms with Gasteiger partial charge >= 0.3 is 0 Å². The first-order valence-corrected chi connectivity index (χ1v) is 4.86. The molecule has 0 aliphatic carbocycles. The maximum atomic E-state index is 2.41. The summed E-state index contributed by atoms with van der Waals surface area (Å²) < 4.78 is 0.452. The van der Waals surface area contributed by atoms with Crippen molar-refractivity contribution in [3.63, 3.8) is 0 Å². The Morgan fingerprint density at radius 3 is 1.43 bits per heavy atom. The molecule has 0 atom stereocenters. The van der Waals surface area contributed by atoms with E-state index in [4.69, 9.17) is 0 Å². The summed E-state index contributed by atoms with van der Waals surface area (Å²) in [7, 11) is 0. The van der Waals surface area contributed by atoms with Crippen LogP contribution in [0.3, 0.4) is 0 Å². The van der Waals surface area contributed by atoms with Gasteiger partial charge in [0.15, 0.2) is 0 Å². The quantitative estimate of drug-likeness (QED) is 0.415. The maximum absolute atomic E-state index is 2.41. The Morgan fingerprint density at radius 2 is 1.43 bits per heavy atom. The summed E-state index contributed by atoms with van der Waals surface area (Å²) in [4.78, 5) is 0. The summed E-state index contributed by atoms with van der Waals surface area (Å²) in [5, 5.41) is 0. The second-order valence-electron chi connectivity index (χ2n) is 0.969. The lowest BCUT2D eigenvalue weighted by Crippen LogP contribution is -1.91. The average molecular weight is 458 g/mol. The van der Waals surface area contributed by atoms with E-state index in [0.717, 1.165) is 0 Å². The third kappa shape index (κ3) is 11.9. The fraction of sp³-hybridized carbons (Fsp3) is 1.00. The van der Waals surface area contributed by atoms with Crippen molar-refractivity contribution in [2.75, 3.05) is 0 Å². The number of hydrogen-bond donors (Lipinski definition) is 0. The van der Waals surface area contributed by atoms with Gasteiger partial charge < -0.3 is 0 Å². The van der Waals surface area contributed by atoms with E-state index in [0.29, 0.717) is -0.565 Å². The number of rotatable bonds is 1. The van der Waals surface area contributed by atoms with Gasteiger partial charge in [-0.25, -0.2) is 0 Å². The lowest BCUT2D eigenvalue weighted by molar-refractivity contribution is 1.09. The fourth-order valence-corrected chi connectivity index (χ4v) is 0. The van der Waals surface area contributed by atoms with E-state index in [-0.39, 0.29) is 12.4 Å². The SMILES string of the molecule is CCC(I)(I)I.Cl. The average Bonchev–Trinajstić information content (AvgIpc) is 1.35. The van der Waals surface area contributed by atoms with Crippen molar-refractivity contribution in [3.05, 3.63) is 0 Å². The molecule has 0 nitrogen and oxygen atoms in total. The van der Waals surface area contributed by atoms with Gasteiger partial charge in [0.25, 0.3) is 0 Å². The minimum atomic E-state index is 0. The van der Waals surface area contributed by atoms with Gasteiger partial charge in [-0.05, 0) is 6.42 Å². The van der Waals surface area contributed by atoms with E-state index in [9.17, 15) is 0 Å². The van der Waals surface area contributed by atoms with Crippen LogP contribution in [0, 0.1) is 0 Å². The molecule has 0 fully saturated rings. The normalized spacial score (nSPS) is 10.3. The molecule has 0 aromatic rings. The lowest BCUT2D eigenvalue weighted by Gasteiger charge is -2.04. The lowest BCUT2D eigenvalue weighted by atomic mass is 10.6. The van der Waals surface area contributed by atoms with Crippen molar-refractivity contribution < 1.29 is 0 Å². The van der Waals surface area contributed by atoms with Crippen LogP contribution >= 0.6 is 80.2 Å². The van der Waals surface area contributed by atoms with E-state index in [1.54, 1.807) is 0 Å². The Hall–Kier alpha value is 2.48. The second-order valence-corrected chi connectivity index (χ2v) is 12.7. The van der Waals surface area contributed by atoms with Gasteiger partial charge in [0.2, 0.25) is 0 Å². The summed E-state index contributed by atoms with van der Waals surface area (Å²) in [6.07, 6.45) is 1.23. The molecular weight excluding hydrogens is 452 g/mol. The monoisotopic (exact) mass is 458 g/mol. The van der Waals surface area contributed by atoms with Crippen LogP contribution in [0.1, 0.15) is 13.3 Å². The zero-order chi connectivity index (χ0) is 5.21. The largest absolute Gasteiger partial charge is 0.147 e. The first-order chi connectivity index (χ1) is 2.56. The van der Waals surface area contributed by atoms with Crippen molar-refractivity contribution in [2.24, 2.45) is 0 Å². The van der Waals surface area contributed by atoms with Gasteiger partial charge in [0.05, 0.1) is 0 Å². The second kappa shape index (κ2) is 5.28. The van der Waals surface area contributed by atoms with Crippen molar-refractivity contribution in [1.29, 1.82) is 0 Å². The molecule has 0 bridgehead atoms. The molecule has 0 N–H and O–H groups in total. The summed E-state index contributed by atoms with van der Waals surface area (Å²) in [6.45, 7) is 2.19. The topological polar surface area (TPSA) is 0 Å². The van der Waals surface area contributed by atoms with Gasteiger partial charge in [0, 0.05) is 0 Å². The Balaban J connectivity index is 0. The van der Waals surface area contributed by atoms with Crippen LogP contribution in [-0.4, -0.2) is -0.565 Å². The van der Waals surface area contributed by atoms with Crippen molar-refractivity contribution in [2.45, 2.75) is 12.8 Å². The summed E-state index contributed by atoms with van der Waals surface area (Å²) in [5.74, 6) is 0. The van der Waals surface area contributed by atoms with Gasteiger partial charge in [0.1, 0.15) is -0.565 Å². The molecule has 0 saturated heterocycles. The third-order valence-corrected chi connectivity index (χ3v) is 2.69. The van der Waals surface area contributed by atoms with Crippen LogP contribution in [0.5, 0.6) is 0 Å². The highest BCUT2D eigenvalue weighted by Crippen LogP contribution is 2.38. The van der Waals surface area contributed by atoms with Crippen LogP contribution < -0.4 is 0 Å². The summed E-state index contributed by atoms with van der Waals surface area (Å²) in [6, 6.07) is 0. The molecule has 0 spiro atoms. The molecule has 0 unspecified atom stereocenters. The van der Waals surface area contributed by atoms with Crippen LogP contribution in [0.15, 0.2) is 0 Å². The molecule has 7 heavy (non-hydrogen) atoms. The van der Waals surface area contributed by atoms with Gasteiger partial charge in [-0.15, -0.1) is 12.4 Å². The van der Waals surface area contributed by atoms with E-state index >= 15 is 0 Å². The smallest absolute Gasteiger partial charge is 0.124 e. The predicted molar refractivity (Wildman–Crippen MR) is 62.3 cm³/mol. The van der Waals surface area contributed by atoms with E-state index in [2.05, 4.69) is 74.7 Å². The van der Waals surface area contributed by atoms with E-state index in [1.807, 2.05) is 0 Å². The molecule has 0 aromatic carbocycles. The van der Waals surface area contributed by atoms with E-state index in [1.165, 1.54) is 6.42 Å². The molecule has 0 heterocycles. The van der Waals surface area contributed by atoms with Crippen molar-refractivity contribution in [3.8, 4) is 0 Å². The highest BCUT2D eigenvalue weighted by molar-refractivity contribution is 14.3. The zero-order valence-electron chi connectivity index (χ0n) is 3.75. The Morgan fingerprint density at radius 1 is 1.29 bits per heavy atom. The predicted octanol–water partition coefficient (Wildman–Crippen LogP) is 3.78. The standard InChI is InChI=1S/C3H5I3.ClH/c1-2-3(4,5)6;/h2H2,1H3;1H. The molecular formula is C3H6ClI3. The highest BCUT2D eigenvalue weighted by atomic mass is 127. The Labute approximate surface area is 91.4 Å². The number of alkyl halides is 3. The minimum Gasteiger partial charge on any atom is -0.147 e. The first-order valence-electron chi connectivity index (χ1n) is 1.63. The molecule has 0 aromatic heterocycles. The van der Waals surface area contributed by atoms with Crippen LogP contribution in [0.2, 0.25) is 0 Å². The highest BCUT2D eigenvalue weighted by Gasteiger charge is 2.11. The molecule has 46 valence electrons. The van der Waals surface area contributed by atoms with Crippen molar-refractivity contribution in [1.82, 2.24) is 0 Å². The minimum absolute atomic E-state index is 0. The van der Waals surface area contributed by atoms with Crippen LogP contribution in [0.25, 0.3) is 0 Å². The van der Waals surface area contributed by atoms with E-state index < -0.39 is 0 Å². The third-order valence-electron chi connectivity index (χ3n) is 0.401. The fourth-order valence-electron chi connectivity index (χ4n) is 0. The molecule has 0 aliphatic rings. The van der Waals surface area contributed by atoms with Gasteiger partial charge in [-0.2, -0.15) is 0 Å². The zero-order valence-corrected chi connectivity index (χ0v) is 11.0. The summed E-state index contributed by atoms with van der Waals surface area (Å²) >= 11 is 7.24. The first kappa shape index (κ1) is 12.2. The Kier molecular flexibility index (Phi) is 9.19. The molecule has 4 heteroatoms. The molecule has 0 amide bonds. The summed E-state index contributed by atoms with van der Waals surface area (Å²) in [5.41, 5.74) is 0. The maximum Gasteiger partial charge on any atom is 0.124 e. The van der Waals surface area contributed by atoms with Gasteiger partial charge in [-0.3, -0.25) is 0 Å². The molecule has 0 rings (SSSR count). The van der Waals surface area contributed by atoms with Crippen molar-refractivity contribution >= 4 is 80.2 Å². The number of hydrogen-bond acceptors (Lipinski definition) is 0. The van der Waals surface area contributed by atoms with Crippen LogP contribution in [0.4, 0.5) is 0 Å². The molecule has 0 radical (unpaired) electrons. The number of halogens is 4.